The summed E-state index contributed by atoms with van der Waals surface area (Å²) in [5, 5.41) is 7.53. The predicted molar refractivity (Wildman–Crippen MR) is 70.1 cm³/mol. The van der Waals surface area contributed by atoms with Crippen LogP contribution in [0.5, 0.6) is 0 Å². The molecule has 0 saturated carbocycles. The molecule has 98 valence electrons. The number of halogens is 1. The molecular formula is C13H14FN5. The SMILES string of the molecule is CNCc1cn2nc(-c3ccc(F)cc3)n(C)c2n1. The molecule has 6 heteroatoms. The molecule has 0 atom stereocenters. The molecule has 0 radical (unpaired) electrons. The van der Waals surface area contributed by atoms with Crippen molar-refractivity contribution in [2.75, 3.05) is 7.05 Å². The normalized spacial score (nSPS) is 11.3. The van der Waals surface area contributed by atoms with Crippen LogP contribution in [0.15, 0.2) is 30.5 Å². The van der Waals surface area contributed by atoms with Crippen LogP contribution in [0.3, 0.4) is 0 Å². The lowest BCUT2D eigenvalue weighted by molar-refractivity contribution is 0.628. The molecule has 2 heterocycles. The van der Waals surface area contributed by atoms with Gasteiger partial charge in [-0.1, -0.05) is 0 Å². The van der Waals surface area contributed by atoms with Gasteiger partial charge in [0, 0.05) is 19.2 Å². The molecule has 0 aliphatic rings. The number of nitrogens with zero attached hydrogens (tertiary/aromatic N) is 4. The Bertz CT molecular complexity index is 711. The average molecular weight is 259 g/mol. The Kier molecular flexibility index (Phi) is 2.79. The maximum absolute atomic E-state index is 12.9. The molecule has 0 spiro atoms. The van der Waals surface area contributed by atoms with E-state index in [4.69, 9.17) is 0 Å². The molecule has 0 aliphatic carbocycles. The summed E-state index contributed by atoms with van der Waals surface area (Å²) >= 11 is 0. The van der Waals surface area contributed by atoms with Crippen LogP contribution in [-0.2, 0) is 13.6 Å². The Labute approximate surface area is 109 Å². The lowest BCUT2D eigenvalue weighted by Crippen LogP contribution is -2.05. The Balaban J connectivity index is 2.07. The maximum Gasteiger partial charge on any atom is 0.232 e. The van der Waals surface area contributed by atoms with E-state index < -0.39 is 0 Å². The third-order valence-corrected chi connectivity index (χ3v) is 3.00. The van der Waals surface area contributed by atoms with Crippen LogP contribution in [0, 0.1) is 5.82 Å². The van der Waals surface area contributed by atoms with Crippen molar-refractivity contribution in [2.24, 2.45) is 7.05 Å². The number of imidazole rings is 1. The van der Waals surface area contributed by atoms with Crippen molar-refractivity contribution < 1.29 is 4.39 Å². The first kappa shape index (κ1) is 11.9. The minimum Gasteiger partial charge on any atom is -0.314 e. The van der Waals surface area contributed by atoms with E-state index in [9.17, 15) is 4.39 Å². The van der Waals surface area contributed by atoms with Crippen LogP contribution in [-0.4, -0.2) is 26.2 Å². The number of aromatic nitrogens is 4. The molecule has 0 fully saturated rings. The Morgan fingerprint density at radius 1 is 1.26 bits per heavy atom. The maximum atomic E-state index is 12.9. The highest BCUT2D eigenvalue weighted by Crippen LogP contribution is 2.19. The summed E-state index contributed by atoms with van der Waals surface area (Å²) < 4.78 is 16.6. The second kappa shape index (κ2) is 4.47. The number of benzene rings is 1. The van der Waals surface area contributed by atoms with Crippen LogP contribution < -0.4 is 5.32 Å². The monoisotopic (exact) mass is 259 g/mol. The van der Waals surface area contributed by atoms with E-state index in [1.165, 1.54) is 12.1 Å². The number of hydrogen-bond donors (Lipinski definition) is 1. The highest BCUT2D eigenvalue weighted by atomic mass is 19.1. The van der Waals surface area contributed by atoms with E-state index in [1.807, 2.05) is 24.9 Å². The van der Waals surface area contributed by atoms with E-state index in [0.29, 0.717) is 6.54 Å². The first-order chi connectivity index (χ1) is 9.19. The summed E-state index contributed by atoms with van der Waals surface area (Å²) in [7, 11) is 3.78. The average Bonchev–Trinajstić information content (AvgIpc) is 2.91. The van der Waals surface area contributed by atoms with Crippen LogP contribution in [0.1, 0.15) is 5.69 Å². The number of nitrogens with one attached hydrogen (secondary N) is 1. The number of aryl methyl sites for hydroxylation is 1. The lowest BCUT2D eigenvalue weighted by atomic mass is 10.2. The van der Waals surface area contributed by atoms with Gasteiger partial charge in [-0.2, -0.15) is 0 Å². The molecule has 0 unspecified atom stereocenters. The number of fused-ring (bicyclic) bond motifs is 1. The third kappa shape index (κ3) is 2.00. The van der Waals surface area contributed by atoms with Gasteiger partial charge >= 0.3 is 0 Å². The fraction of sp³-hybridized carbons (Fsp3) is 0.231. The summed E-state index contributed by atoms with van der Waals surface area (Å²) in [6, 6.07) is 6.29. The van der Waals surface area contributed by atoms with Gasteiger partial charge in [-0.25, -0.2) is 13.9 Å². The summed E-state index contributed by atoms with van der Waals surface area (Å²) in [5.74, 6) is 1.28. The molecule has 0 saturated heterocycles. The zero-order valence-electron chi connectivity index (χ0n) is 10.8. The molecule has 1 N–H and O–H groups in total. The standard InChI is InChI=1S/C13H14FN5/c1-15-7-11-8-19-13(16-11)18(2)12(17-19)9-3-5-10(14)6-4-9/h3-6,8,15H,7H2,1-2H3. The molecule has 0 aliphatic heterocycles. The predicted octanol–water partition coefficient (Wildman–Crippen LogP) is 1.59. The van der Waals surface area contributed by atoms with Crippen LogP contribution in [0.25, 0.3) is 17.2 Å². The largest absolute Gasteiger partial charge is 0.314 e. The second-order valence-electron chi connectivity index (χ2n) is 4.40. The first-order valence-electron chi connectivity index (χ1n) is 6.00. The van der Waals surface area contributed by atoms with Gasteiger partial charge in [-0.15, -0.1) is 5.10 Å². The van der Waals surface area contributed by atoms with Crippen molar-refractivity contribution in [2.45, 2.75) is 6.54 Å². The molecule has 2 aromatic heterocycles. The van der Waals surface area contributed by atoms with Gasteiger partial charge in [0.15, 0.2) is 5.82 Å². The Morgan fingerprint density at radius 3 is 2.63 bits per heavy atom. The summed E-state index contributed by atoms with van der Waals surface area (Å²) in [6.45, 7) is 0.704. The molecule has 3 rings (SSSR count). The van der Waals surface area contributed by atoms with Crippen molar-refractivity contribution in [3.63, 3.8) is 0 Å². The van der Waals surface area contributed by atoms with Gasteiger partial charge in [0.2, 0.25) is 5.78 Å². The third-order valence-electron chi connectivity index (χ3n) is 3.00. The van der Waals surface area contributed by atoms with Crippen molar-refractivity contribution in [3.8, 4) is 11.4 Å². The Morgan fingerprint density at radius 2 is 2.00 bits per heavy atom. The van der Waals surface area contributed by atoms with Crippen molar-refractivity contribution in [1.29, 1.82) is 0 Å². The topological polar surface area (TPSA) is 47.1 Å². The summed E-state index contributed by atoms with van der Waals surface area (Å²) in [5.41, 5.74) is 1.80. The smallest absolute Gasteiger partial charge is 0.232 e. The van der Waals surface area contributed by atoms with Gasteiger partial charge < -0.3 is 5.32 Å². The molecule has 0 amide bonds. The fourth-order valence-corrected chi connectivity index (χ4v) is 2.09. The number of hydrogen-bond acceptors (Lipinski definition) is 3. The molecule has 5 nitrogen and oxygen atoms in total. The zero-order chi connectivity index (χ0) is 13.4. The molecule has 0 bridgehead atoms. The van der Waals surface area contributed by atoms with E-state index in [2.05, 4.69) is 15.4 Å². The fourth-order valence-electron chi connectivity index (χ4n) is 2.09. The van der Waals surface area contributed by atoms with Crippen molar-refractivity contribution in [1.82, 2.24) is 24.5 Å². The van der Waals surface area contributed by atoms with Crippen LogP contribution in [0.4, 0.5) is 4.39 Å². The molecular weight excluding hydrogens is 245 g/mol. The molecule has 19 heavy (non-hydrogen) atoms. The van der Waals surface area contributed by atoms with Crippen LogP contribution >= 0.6 is 0 Å². The number of rotatable bonds is 3. The Hall–Kier alpha value is -2.21. The molecule has 1 aromatic carbocycles. The van der Waals surface area contributed by atoms with Crippen molar-refractivity contribution in [3.05, 3.63) is 42.0 Å². The van der Waals surface area contributed by atoms with E-state index in [1.54, 1.807) is 16.6 Å². The lowest BCUT2D eigenvalue weighted by Gasteiger charge is -2.00. The molecule has 3 aromatic rings. The van der Waals surface area contributed by atoms with Gasteiger partial charge in [-0.3, -0.25) is 4.57 Å². The van der Waals surface area contributed by atoms with Gasteiger partial charge in [-0.05, 0) is 31.3 Å². The highest BCUT2D eigenvalue weighted by Gasteiger charge is 2.12. The van der Waals surface area contributed by atoms with Gasteiger partial charge in [0.25, 0.3) is 0 Å². The van der Waals surface area contributed by atoms with E-state index in [-0.39, 0.29) is 5.82 Å². The summed E-state index contributed by atoms with van der Waals surface area (Å²) in [4.78, 5) is 4.49. The minimum atomic E-state index is -0.251. The minimum absolute atomic E-state index is 0.251. The van der Waals surface area contributed by atoms with Gasteiger partial charge in [0.05, 0.1) is 11.9 Å². The van der Waals surface area contributed by atoms with E-state index in [0.717, 1.165) is 22.9 Å². The first-order valence-corrected chi connectivity index (χ1v) is 6.00. The van der Waals surface area contributed by atoms with Gasteiger partial charge in [0.1, 0.15) is 5.82 Å². The second-order valence-corrected chi connectivity index (χ2v) is 4.40. The van der Waals surface area contributed by atoms with E-state index >= 15 is 0 Å². The highest BCUT2D eigenvalue weighted by molar-refractivity contribution is 5.58. The zero-order valence-corrected chi connectivity index (χ0v) is 10.8. The summed E-state index contributed by atoms with van der Waals surface area (Å²) in [6.07, 6.45) is 1.89. The quantitative estimate of drug-likeness (QED) is 0.777. The van der Waals surface area contributed by atoms with Crippen LogP contribution in [0.2, 0.25) is 0 Å². The van der Waals surface area contributed by atoms with Crippen molar-refractivity contribution >= 4 is 5.78 Å².